The molecule has 0 amide bonds. The number of rotatable bonds is 3. The molecule has 2 heteroatoms. The van der Waals surface area contributed by atoms with E-state index in [1.54, 1.807) is 0 Å². The van der Waals surface area contributed by atoms with E-state index in [0.29, 0.717) is 0 Å². The average molecular weight is 213 g/mol. The highest BCUT2D eigenvalue weighted by atomic mass is 16.3. The van der Waals surface area contributed by atoms with Crippen molar-refractivity contribution in [3.63, 3.8) is 0 Å². The number of nitrogens with one attached hydrogen (secondary N) is 1. The zero-order valence-electron chi connectivity index (χ0n) is 9.22. The highest BCUT2D eigenvalue weighted by molar-refractivity contribution is 5.53. The second kappa shape index (κ2) is 4.81. The van der Waals surface area contributed by atoms with Crippen molar-refractivity contribution >= 4 is 5.69 Å². The number of anilines is 1. The van der Waals surface area contributed by atoms with Crippen molar-refractivity contribution < 1.29 is 5.11 Å². The Kier molecular flexibility index (Phi) is 3.22. The summed E-state index contributed by atoms with van der Waals surface area (Å²) in [7, 11) is 1.86. The van der Waals surface area contributed by atoms with Gasteiger partial charge in [0, 0.05) is 18.3 Å². The monoisotopic (exact) mass is 213 g/mol. The summed E-state index contributed by atoms with van der Waals surface area (Å²) < 4.78 is 0. The van der Waals surface area contributed by atoms with Gasteiger partial charge in [0.1, 0.15) is 6.10 Å². The first-order valence-corrected chi connectivity index (χ1v) is 5.32. The van der Waals surface area contributed by atoms with Gasteiger partial charge in [0.15, 0.2) is 0 Å². The molecule has 0 aliphatic rings. The lowest BCUT2D eigenvalue weighted by atomic mass is 10.00. The van der Waals surface area contributed by atoms with E-state index in [1.165, 1.54) is 0 Å². The van der Waals surface area contributed by atoms with E-state index in [0.717, 1.165) is 16.8 Å². The largest absolute Gasteiger partial charge is 0.388 e. The minimum Gasteiger partial charge on any atom is -0.388 e. The number of benzene rings is 2. The van der Waals surface area contributed by atoms with Crippen molar-refractivity contribution in [2.24, 2.45) is 0 Å². The molecular formula is C14H15NO. The van der Waals surface area contributed by atoms with Crippen LogP contribution >= 0.6 is 0 Å². The smallest absolute Gasteiger partial charge is 0.106 e. The van der Waals surface area contributed by atoms with E-state index in [9.17, 15) is 5.11 Å². The first kappa shape index (κ1) is 10.7. The normalized spacial score (nSPS) is 12.1. The van der Waals surface area contributed by atoms with Crippen LogP contribution in [0.4, 0.5) is 5.69 Å². The van der Waals surface area contributed by atoms with Crippen LogP contribution < -0.4 is 5.32 Å². The number of aliphatic hydroxyl groups is 1. The van der Waals surface area contributed by atoms with Crippen LogP contribution in [0.25, 0.3) is 0 Å². The Balaban J connectivity index is 2.37. The second-order valence-electron chi connectivity index (χ2n) is 3.65. The zero-order valence-corrected chi connectivity index (χ0v) is 9.22. The summed E-state index contributed by atoms with van der Waals surface area (Å²) in [5.41, 5.74) is 2.76. The molecule has 0 bridgehead atoms. The molecule has 0 saturated carbocycles. The molecule has 2 rings (SSSR count). The van der Waals surface area contributed by atoms with Crippen molar-refractivity contribution in [2.45, 2.75) is 6.10 Å². The molecule has 16 heavy (non-hydrogen) atoms. The fourth-order valence-electron chi connectivity index (χ4n) is 1.78. The van der Waals surface area contributed by atoms with Gasteiger partial charge in [0.05, 0.1) is 0 Å². The van der Waals surface area contributed by atoms with Crippen molar-refractivity contribution in [1.29, 1.82) is 0 Å². The third kappa shape index (κ3) is 2.07. The van der Waals surface area contributed by atoms with Crippen molar-refractivity contribution in [2.75, 3.05) is 12.4 Å². The Morgan fingerprint density at radius 1 is 0.938 bits per heavy atom. The lowest BCUT2D eigenvalue weighted by Crippen LogP contribution is -2.03. The Labute approximate surface area is 95.6 Å². The number of hydrogen-bond donors (Lipinski definition) is 2. The molecule has 2 aromatic rings. The molecule has 0 saturated heterocycles. The van der Waals surface area contributed by atoms with Crippen molar-refractivity contribution in [3.8, 4) is 0 Å². The Morgan fingerprint density at radius 2 is 1.56 bits per heavy atom. The third-order valence-electron chi connectivity index (χ3n) is 2.64. The number of aliphatic hydroxyl groups excluding tert-OH is 1. The maximum absolute atomic E-state index is 10.3. The van der Waals surface area contributed by atoms with E-state index in [2.05, 4.69) is 5.32 Å². The Morgan fingerprint density at radius 3 is 2.25 bits per heavy atom. The van der Waals surface area contributed by atoms with Gasteiger partial charge in [-0.15, -0.1) is 0 Å². The molecular weight excluding hydrogens is 198 g/mol. The summed E-state index contributed by atoms with van der Waals surface area (Å²) in [6.45, 7) is 0. The molecule has 0 spiro atoms. The van der Waals surface area contributed by atoms with Gasteiger partial charge in [0.2, 0.25) is 0 Å². The summed E-state index contributed by atoms with van der Waals surface area (Å²) in [5, 5.41) is 13.4. The first-order valence-electron chi connectivity index (χ1n) is 5.32. The molecule has 0 aliphatic carbocycles. The fourth-order valence-corrected chi connectivity index (χ4v) is 1.78. The number of hydrogen-bond acceptors (Lipinski definition) is 2. The molecule has 2 nitrogen and oxygen atoms in total. The van der Waals surface area contributed by atoms with Gasteiger partial charge in [-0.3, -0.25) is 0 Å². The van der Waals surface area contributed by atoms with E-state index in [1.807, 2.05) is 61.6 Å². The molecule has 2 N–H and O–H groups in total. The Hall–Kier alpha value is -1.80. The molecule has 0 heterocycles. The van der Waals surface area contributed by atoms with E-state index >= 15 is 0 Å². The van der Waals surface area contributed by atoms with Crippen molar-refractivity contribution in [3.05, 3.63) is 65.7 Å². The zero-order chi connectivity index (χ0) is 11.4. The maximum atomic E-state index is 10.3. The Bertz CT molecular complexity index is 453. The quantitative estimate of drug-likeness (QED) is 0.821. The summed E-state index contributed by atoms with van der Waals surface area (Å²) in [5.74, 6) is 0. The van der Waals surface area contributed by atoms with Gasteiger partial charge in [0.25, 0.3) is 0 Å². The predicted molar refractivity (Wildman–Crippen MR) is 66.5 cm³/mol. The second-order valence-corrected chi connectivity index (χ2v) is 3.65. The van der Waals surface area contributed by atoms with E-state index < -0.39 is 6.10 Å². The lowest BCUT2D eigenvalue weighted by Gasteiger charge is -2.15. The minimum absolute atomic E-state index is 0.579. The van der Waals surface area contributed by atoms with Crippen LogP contribution in [-0.2, 0) is 0 Å². The van der Waals surface area contributed by atoms with Crippen LogP contribution in [-0.4, -0.2) is 12.2 Å². The predicted octanol–water partition coefficient (Wildman–Crippen LogP) is 2.81. The molecule has 2 aromatic carbocycles. The SMILES string of the molecule is CNc1ccccc1[C@H](O)c1ccccc1. The van der Waals surface area contributed by atoms with Gasteiger partial charge in [-0.1, -0.05) is 48.5 Å². The van der Waals surface area contributed by atoms with Crippen LogP contribution in [0.2, 0.25) is 0 Å². The minimum atomic E-state index is -0.579. The maximum Gasteiger partial charge on any atom is 0.106 e. The van der Waals surface area contributed by atoms with Crippen LogP contribution in [0, 0.1) is 0 Å². The third-order valence-corrected chi connectivity index (χ3v) is 2.64. The standard InChI is InChI=1S/C14H15NO/c1-15-13-10-6-5-9-12(13)14(16)11-7-3-2-4-8-11/h2-10,14-16H,1H3/t14-/m1/s1. The van der Waals surface area contributed by atoms with E-state index in [4.69, 9.17) is 0 Å². The number of para-hydroxylation sites is 1. The first-order chi connectivity index (χ1) is 7.83. The van der Waals surface area contributed by atoms with Crippen LogP contribution in [0.5, 0.6) is 0 Å². The van der Waals surface area contributed by atoms with Crippen molar-refractivity contribution in [1.82, 2.24) is 0 Å². The van der Waals surface area contributed by atoms with Gasteiger partial charge >= 0.3 is 0 Å². The highest BCUT2D eigenvalue weighted by Crippen LogP contribution is 2.27. The molecule has 0 fully saturated rings. The van der Waals surface area contributed by atoms with Crippen LogP contribution in [0.3, 0.4) is 0 Å². The highest BCUT2D eigenvalue weighted by Gasteiger charge is 2.12. The summed E-state index contributed by atoms with van der Waals surface area (Å²) in [6, 6.07) is 17.4. The average Bonchev–Trinajstić information content (AvgIpc) is 2.39. The fraction of sp³-hybridized carbons (Fsp3) is 0.143. The lowest BCUT2D eigenvalue weighted by molar-refractivity contribution is 0.221. The van der Waals surface area contributed by atoms with E-state index in [-0.39, 0.29) is 0 Å². The van der Waals surface area contributed by atoms with Gasteiger partial charge in [-0.2, -0.15) is 0 Å². The van der Waals surface area contributed by atoms with Crippen LogP contribution in [0.1, 0.15) is 17.2 Å². The summed E-state index contributed by atoms with van der Waals surface area (Å²) >= 11 is 0. The summed E-state index contributed by atoms with van der Waals surface area (Å²) in [6.07, 6.45) is -0.579. The topological polar surface area (TPSA) is 32.3 Å². The molecule has 82 valence electrons. The van der Waals surface area contributed by atoms with Gasteiger partial charge < -0.3 is 10.4 Å². The molecule has 0 unspecified atom stereocenters. The molecule has 0 radical (unpaired) electrons. The van der Waals surface area contributed by atoms with Gasteiger partial charge in [-0.05, 0) is 11.6 Å². The van der Waals surface area contributed by atoms with Gasteiger partial charge in [-0.25, -0.2) is 0 Å². The molecule has 0 aliphatic heterocycles. The summed E-state index contributed by atoms with van der Waals surface area (Å²) in [4.78, 5) is 0. The molecule has 1 atom stereocenters. The molecule has 0 aromatic heterocycles. The van der Waals surface area contributed by atoms with Crippen LogP contribution in [0.15, 0.2) is 54.6 Å².